The van der Waals surface area contributed by atoms with Crippen molar-refractivity contribution in [2.75, 3.05) is 5.73 Å². The van der Waals surface area contributed by atoms with Crippen molar-refractivity contribution in [1.82, 2.24) is 9.78 Å². The number of aromatic nitrogens is 2. The van der Waals surface area contributed by atoms with Crippen LogP contribution in [0.1, 0.15) is 24.6 Å². The van der Waals surface area contributed by atoms with E-state index in [0.717, 1.165) is 35.3 Å². The maximum absolute atomic E-state index is 6.06. The van der Waals surface area contributed by atoms with Crippen LogP contribution in [0.15, 0.2) is 24.4 Å². The van der Waals surface area contributed by atoms with Crippen molar-refractivity contribution in [1.29, 1.82) is 0 Å². The molecule has 0 unspecified atom stereocenters. The molecule has 0 aliphatic rings. The molecule has 90 valence electrons. The Morgan fingerprint density at radius 2 is 2.06 bits per heavy atom. The second kappa shape index (κ2) is 4.62. The molecule has 0 amide bonds. The van der Waals surface area contributed by atoms with E-state index in [0.29, 0.717) is 0 Å². The first kappa shape index (κ1) is 11.7. The van der Waals surface area contributed by atoms with Gasteiger partial charge in [0.1, 0.15) is 0 Å². The molecule has 0 fully saturated rings. The number of benzene rings is 1. The lowest BCUT2D eigenvalue weighted by Gasteiger charge is -2.06. The van der Waals surface area contributed by atoms with Crippen molar-refractivity contribution >= 4 is 5.69 Å². The van der Waals surface area contributed by atoms with Gasteiger partial charge in [0, 0.05) is 30.1 Å². The zero-order valence-corrected chi connectivity index (χ0v) is 10.7. The minimum absolute atomic E-state index is 0.820. The van der Waals surface area contributed by atoms with Crippen LogP contribution in [0.25, 0.3) is 11.1 Å². The van der Waals surface area contributed by atoms with Gasteiger partial charge in [-0.25, -0.2) is 0 Å². The summed E-state index contributed by atoms with van der Waals surface area (Å²) in [5.41, 5.74) is 11.5. The average molecular weight is 229 g/mol. The molecule has 0 saturated carbocycles. The predicted molar refractivity (Wildman–Crippen MR) is 71.8 cm³/mol. The Morgan fingerprint density at radius 1 is 1.29 bits per heavy atom. The van der Waals surface area contributed by atoms with Crippen LogP contribution in [0.4, 0.5) is 5.69 Å². The summed E-state index contributed by atoms with van der Waals surface area (Å²) in [7, 11) is 1.95. The Kier molecular flexibility index (Phi) is 3.18. The monoisotopic (exact) mass is 229 g/mol. The Balaban J connectivity index is 2.55. The minimum atomic E-state index is 0.820. The van der Waals surface area contributed by atoms with Gasteiger partial charge in [-0.3, -0.25) is 4.68 Å². The Morgan fingerprint density at radius 3 is 2.76 bits per heavy atom. The molecule has 2 rings (SSSR count). The molecular weight excluding hydrogens is 210 g/mol. The Labute approximate surface area is 102 Å². The van der Waals surface area contributed by atoms with E-state index in [1.165, 1.54) is 5.56 Å². The molecule has 0 bridgehead atoms. The van der Waals surface area contributed by atoms with Gasteiger partial charge in [-0.2, -0.15) is 5.10 Å². The Bertz CT molecular complexity index is 526. The highest BCUT2D eigenvalue weighted by Crippen LogP contribution is 2.29. The van der Waals surface area contributed by atoms with Crippen molar-refractivity contribution in [2.24, 2.45) is 7.05 Å². The van der Waals surface area contributed by atoms with Crippen LogP contribution < -0.4 is 5.73 Å². The van der Waals surface area contributed by atoms with Gasteiger partial charge in [0.25, 0.3) is 0 Å². The molecule has 3 nitrogen and oxygen atoms in total. The molecule has 0 saturated heterocycles. The molecule has 0 aliphatic heterocycles. The van der Waals surface area contributed by atoms with E-state index in [-0.39, 0.29) is 0 Å². The first-order valence-electron chi connectivity index (χ1n) is 6.01. The van der Waals surface area contributed by atoms with Gasteiger partial charge in [0.05, 0.1) is 5.69 Å². The van der Waals surface area contributed by atoms with E-state index in [9.17, 15) is 0 Å². The average Bonchev–Trinajstić information content (AvgIpc) is 2.64. The van der Waals surface area contributed by atoms with Crippen molar-refractivity contribution in [3.05, 3.63) is 35.7 Å². The van der Waals surface area contributed by atoms with E-state index >= 15 is 0 Å². The highest BCUT2D eigenvalue weighted by Gasteiger charge is 2.11. The largest absolute Gasteiger partial charge is 0.398 e. The van der Waals surface area contributed by atoms with Gasteiger partial charge < -0.3 is 5.73 Å². The summed E-state index contributed by atoms with van der Waals surface area (Å²) in [4.78, 5) is 0. The molecule has 2 N–H and O–H groups in total. The number of hydrogen-bond acceptors (Lipinski definition) is 2. The summed E-state index contributed by atoms with van der Waals surface area (Å²) in [6.45, 7) is 4.25. The number of rotatable bonds is 3. The van der Waals surface area contributed by atoms with Crippen molar-refractivity contribution in [3.63, 3.8) is 0 Å². The summed E-state index contributed by atoms with van der Waals surface area (Å²) in [5, 5.41) is 4.51. The minimum Gasteiger partial charge on any atom is -0.398 e. The van der Waals surface area contributed by atoms with Gasteiger partial charge >= 0.3 is 0 Å². The van der Waals surface area contributed by atoms with Crippen molar-refractivity contribution < 1.29 is 0 Å². The van der Waals surface area contributed by atoms with E-state index < -0.39 is 0 Å². The summed E-state index contributed by atoms with van der Waals surface area (Å²) >= 11 is 0. The van der Waals surface area contributed by atoms with Crippen LogP contribution >= 0.6 is 0 Å². The third-order valence-electron chi connectivity index (χ3n) is 2.89. The molecule has 0 spiro atoms. The van der Waals surface area contributed by atoms with Gasteiger partial charge in [-0.15, -0.1) is 0 Å². The fraction of sp³-hybridized carbons (Fsp3) is 0.357. The fourth-order valence-corrected chi connectivity index (χ4v) is 2.08. The van der Waals surface area contributed by atoms with E-state index in [1.54, 1.807) is 0 Å². The maximum atomic E-state index is 6.06. The van der Waals surface area contributed by atoms with Gasteiger partial charge in [-0.1, -0.05) is 25.0 Å². The molecule has 2 aromatic rings. The third kappa shape index (κ3) is 2.33. The zero-order chi connectivity index (χ0) is 12.4. The van der Waals surface area contributed by atoms with Crippen LogP contribution in [0.2, 0.25) is 0 Å². The fourth-order valence-electron chi connectivity index (χ4n) is 2.08. The molecule has 17 heavy (non-hydrogen) atoms. The zero-order valence-electron chi connectivity index (χ0n) is 10.7. The molecule has 0 radical (unpaired) electrons. The van der Waals surface area contributed by atoms with Crippen molar-refractivity contribution in [2.45, 2.75) is 26.7 Å². The lowest BCUT2D eigenvalue weighted by atomic mass is 10.0. The molecule has 3 heteroatoms. The van der Waals surface area contributed by atoms with E-state index in [4.69, 9.17) is 5.73 Å². The number of aryl methyl sites for hydroxylation is 3. The van der Waals surface area contributed by atoms with E-state index in [2.05, 4.69) is 31.2 Å². The normalized spacial score (nSPS) is 10.8. The van der Waals surface area contributed by atoms with Crippen LogP contribution in [-0.2, 0) is 13.5 Å². The highest BCUT2D eigenvalue weighted by molar-refractivity contribution is 5.78. The first-order chi connectivity index (χ1) is 8.11. The summed E-state index contributed by atoms with van der Waals surface area (Å²) in [5.74, 6) is 0. The van der Waals surface area contributed by atoms with Gasteiger partial charge in [0.15, 0.2) is 0 Å². The third-order valence-corrected chi connectivity index (χ3v) is 2.89. The summed E-state index contributed by atoms with van der Waals surface area (Å²) < 4.78 is 1.86. The van der Waals surface area contributed by atoms with Crippen molar-refractivity contribution in [3.8, 4) is 11.1 Å². The number of hydrogen-bond donors (Lipinski definition) is 1. The van der Waals surface area contributed by atoms with Crippen LogP contribution in [0, 0.1) is 6.92 Å². The molecule has 0 aliphatic carbocycles. The number of anilines is 1. The Hall–Kier alpha value is -1.77. The summed E-state index contributed by atoms with van der Waals surface area (Å²) in [6.07, 6.45) is 4.13. The SMILES string of the molecule is CCCc1nn(C)cc1-c1cc(C)ccc1N. The number of nitrogens with two attached hydrogens (primary N) is 1. The van der Waals surface area contributed by atoms with Crippen LogP contribution in [0.3, 0.4) is 0 Å². The topological polar surface area (TPSA) is 43.8 Å². The first-order valence-corrected chi connectivity index (χ1v) is 6.01. The van der Waals surface area contributed by atoms with Gasteiger partial charge in [0.2, 0.25) is 0 Å². The number of nitrogen functional groups attached to an aromatic ring is 1. The van der Waals surface area contributed by atoms with Crippen LogP contribution in [0.5, 0.6) is 0 Å². The number of nitrogens with zero attached hydrogens (tertiary/aromatic N) is 2. The smallest absolute Gasteiger partial charge is 0.0703 e. The second-order valence-corrected chi connectivity index (χ2v) is 4.50. The quantitative estimate of drug-likeness (QED) is 0.822. The molecule has 1 heterocycles. The van der Waals surface area contributed by atoms with E-state index in [1.807, 2.05) is 23.9 Å². The maximum Gasteiger partial charge on any atom is 0.0703 e. The summed E-state index contributed by atoms with van der Waals surface area (Å²) in [6, 6.07) is 6.13. The van der Waals surface area contributed by atoms with Crippen LogP contribution in [-0.4, -0.2) is 9.78 Å². The lowest BCUT2D eigenvalue weighted by Crippen LogP contribution is -1.93. The highest BCUT2D eigenvalue weighted by atomic mass is 15.2. The molecule has 1 aromatic carbocycles. The standard InChI is InChI=1S/C14H19N3/c1-4-5-14-12(9-17(3)16-14)11-8-10(2)6-7-13(11)15/h6-9H,4-5,15H2,1-3H3. The van der Waals surface area contributed by atoms with Gasteiger partial charge in [-0.05, 0) is 25.5 Å². The molecule has 0 atom stereocenters. The lowest BCUT2D eigenvalue weighted by molar-refractivity contribution is 0.733. The second-order valence-electron chi connectivity index (χ2n) is 4.50. The molecule has 1 aromatic heterocycles. The predicted octanol–water partition coefficient (Wildman–Crippen LogP) is 2.93. The molecular formula is C14H19N3.